The molecule has 1 rings (SSSR count). The average molecular weight is 313 g/mol. The number of hydrogen-bond donors (Lipinski definition) is 2. The fourth-order valence-electron chi connectivity index (χ4n) is 1.92. The summed E-state index contributed by atoms with van der Waals surface area (Å²) in [6, 6.07) is 6.77. The number of benzene rings is 1. The molecule has 0 amide bonds. The fraction of sp³-hybridized carbons (Fsp3) is 0.600. The van der Waals surface area contributed by atoms with E-state index in [9.17, 15) is 8.42 Å². The van der Waals surface area contributed by atoms with Crippen LogP contribution >= 0.6 is 0 Å². The van der Waals surface area contributed by atoms with Gasteiger partial charge in [0.05, 0.1) is 4.90 Å². The van der Waals surface area contributed by atoms with Gasteiger partial charge in [0.15, 0.2) is 0 Å². The van der Waals surface area contributed by atoms with Gasteiger partial charge in [-0.3, -0.25) is 0 Å². The molecule has 0 heterocycles. The normalized spacial score (nSPS) is 12.1. The molecule has 1 aromatic carbocycles. The molecule has 0 atom stereocenters. The van der Waals surface area contributed by atoms with Crippen molar-refractivity contribution in [1.82, 2.24) is 9.62 Å². The Morgan fingerprint density at radius 2 is 1.71 bits per heavy atom. The second-order valence-electron chi connectivity index (χ2n) is 5.74. The van der Waals surface area contributed by atoms with Gasteiger partial charge >= 0.3 is 0 Å². The molecule has 0 saturated heterocycles. The Morgan fingerprint density at radius 1 is 1.10 bits per heavy atom. The van der Waals surface area contributed by atoms with E-state index in [2.05, 4.69) is 29.0 Å². The Morgan fingerprint density at radius 3 is 2.24 bits per heavy atom. The van der Waals surface area contributed by atoms with Gasteiger partial charge in [-0.2, -0.15) is 0 Å². The SMILES string of the molecule is CC(C)NS(=O)(=O)c1ccc(NCCCCN(C)C)cc1. The summed E-state index contributed by atoms with van der Waals surface area (Å²) in [5, 5.41) is 3.30. The van der Waals surface area contributed by atoms with Crippen molar-refractivity contribution < 1.29 is 8.42 Å². The Labute approximate surface area is 128 Å². The minimum absolute atomic E-state index is 0.107. The van der Waals surface area contributed by atoms with E-state index in [4.69, 9.17) is 0 Å². The van der Waals surface area contributed by atoms with E-state index >= 15 is 0 Å². The van der Waals surface area contributed by atoms with Gasteiger partial charge in [0.25, 0.3) is 0 Å². The van der Waals surface area contributed by atoms with Crippen molar-refractivity contribution in [3.05, 3.63) is 24.3 Å². The van der Waals surface area contributed by atoms with Crippen LogP contribution in [0.2, 0.25) is 0 Å². The quantitative estimate of drug-likeness (QED) is 0.686. The predicted octanol–water partition coefficient (Wildman–Crippen LogP) is 2.13. The van der Waals surface area contributed by atoms with Crippen LogP contribution in [0.5, 0.6) is 0 Å². The first-order valence-electron chi connectivity index (χ1n) is 7.32. The number of nitrogens with one attached hydrogen (secondary N) is 2. The minimum atomic E-state index is -3.40. The molecular formula is C15H27N3O2S. The second-order valence-corrected chi connectivity index (χ2v) is 7.45. The molecule has 6 heteroatoms. The van der Waals surface area contributed by atoms with Crippen LogP contribution < -0.4 is 10.0 Å². The fourth-order valence-corrected chi connectivity index (χ4v) is 3.17. The molecule has 0 radical (unpaired) electrons. The summed E-state index contributed by atoms with van der Waals surface area (Å²) in [5.74, 6) is 0. The van der Waals surface area contributed by atoms with Crippen molar-refractivity contribution in [2.24, 2.45) is 0 Å². The molecule has 0 spiro atoms. The largest absolute Gasteiger partial charge is 0.385 e. The lowest BCUT2D eigenvalue weighted by Gasteiger charge is -2.11. The standard InChI is InChI=1S/C15H27N3O2S/c1-13(2)17-21(19,20)15-9-7-14(8-10-15)16-11-5-6-12-18(3)4/h7-10,13,16-17H,5-6,11-12H2,1-4H3. The van der Waals surface area contributed by atoms with E-state index in [0.29, 0.717) is 4.90 Å². The van der Waals surface area contributed by atoms with Crippen LogP contribution in [0.25, 0.3) is 0 Å². The molecular weight excluding hydrogens is 286 g/mol. The first-order chi connectivity index (χ1) is 9.81. The number of hydrogen-bond acceptors (Lipinski definition) is 4. The maximum absolute atomic E-state index is 12.0. The van der Waals surface area contributed by atoms with Gasteiger partial charge in [-0.1, -0.05) is 0 Å². The first kappa shape index (κ1) is 17.9. The van der Waals surface area contributed by atoms with Crippen LogP contribution in [0, 0.1) is 0 Å². The number of rotatable bonds is 9. The average Bonchev–Trinajstić information content (AvgIpc) is 2.37. The highest BCUT2D eigenvalue weighted by atomic mass is 32.2. The molecule has 0 aliphatic rings. The lowest BCUT2D eigenvalue weighted by atomic mass is 10.2. The Hall–Kier alpha value is -1.11. The summed E-state index contributed by atoms with van der Waals surface area (Å²) in [5.41, 5.74) is 0.948. The lowest BCUT2D eigenvalue weighted by Crippen LogP contribution is -2.30. The predicted molar refractivity (Wildman–Crippen MR) is 88.2 cm³/mol. The summed E-state index contributed by atoms with van der Waals surface area (Å²) >= 11 is 0. The molecule has 5 nitrogen and oxygen atoms in total. The van der Waals surface area contributed by atoms with E-state index in [-0.39, 0.29) is 6.04 Å². The van der Waals surface area contributed by atoms with Crippen molar-refractivity contribution in [3.8, 4) is 0 Å². The van der Waals surface area contributed by atoms with Crippen LogP contribution in [0.1, 0.15) is 26.7 Å². The number of unbranched alkanes of at least 4 members (excludes halogenated alkanes) is 1. The van der Waals surface area contributed by atoms with Crippen molar-refractivity contribution in [2.75, 3.05) is 32.5 Å². The zero-order chi connectivity index (χ0) is 15.9. The van der Waals surface area contributed by atoms with Gasteiger partial charge in [0.2, 0.25) is 10.0 Å². The summed E-state index contributed by atoms with van der Waals surface area (Å²) in [7, 11) is 0.736. The van der Waals surface area contributed by atoms with Gasteiger partial charge in [-0.05, 0) is 71.6 Å². The Kier molecular flexibility index (Phi) is 7.14. The molecule has 2 N–H and O–H groups in total. The smallest absolute Gasteiger partial charge is 0.240 e. The maximum atomic E-state index is 12.0. The zero-order valence-corrected chi connectivity index (χ0v) is 14.2. The molecule has 1 aromatic rings. The van der Waals surface area contributed by atoms with Gasteiger partial charge in [-0.15, -0.1) is 0 Å². The van der Waals surface area contributed by atoms with Crippen LogP contribution in [0.4, 0.5) is 5.69 Å². The minimum Gasteiger partial charge on any atom is -0.385 e. The number of sulfonamides is 1. The highest BCUT2D eigenvalue weighted by molar-refractivity contribution is 7.89. The summed E-state index contributed by atoms with van der Waals surface area (Å²) in [4.78, 5) is 2.47. The molecule has 120 valence electrons. The molecule has 0 fully saturated rings. The molecule has 0 saturated carbocycles. The third kappa shape index (κ3) is 6.93. The van der Waals surface area contributed by atoms with Crippen molar-refractivity contribution >= 4 is 15.7 Å². The van der Waals surface area contributed by atoms with Gasteiger partial charge < -0.3 is 10.2 Å². The van der Waals surface area contributed by atoms with Crippen LogP contribution in [0.3, 0.4) is 0 Å². The second kappa shape index (κ2) is 8.36. The van der Waals surface area contributed by atoms with E-state index < -0.39 is 10.0 Å². The third-order valence-corrected chi connectivity index (χ3v) is 4.59. The van der Waals surface area contributed by atoms with Crippen molar-refractivity contribution in [1.29, 1.82) is 0 Å². The topological polar surface area (TPSA) is 61.4 Å². The Bertz CT molecular complexity index is 510. The summed E-state index contributed by atoms with van der Waals surface area (Å²) in [6.45, 7) is 5.59. The van der Waals surface area contributed by atoms with Crippen LogP contribution in [-0.2, 0) is 10.0 Å². The monoisotopic (exact) mass is 313 g/mol. The van der Waals surface area contributed by atoms with E-state index in [1.807, 2.05) is 0 Å². The van der Waals surface area contributed by atoms with E-state index in [0.717, 1.165) is 31.6 Å². The maximum Gasteiger partial charge on any atom is 0.240 e. The summed E-state index contributed by atoms with van der Waals surface area (Å²) < 4.78 is 26.5. The molecule has 0 aliphatic carbocycles. The first-order valence-corrected chi connectivity index (χ1v) is 8.80. The van der Waals surface area contributed by atoms with Crippen LogP contribution in [-0.4, -0.2) is 46.5 Å². The van der Waals surface area contributed by atoms with Crippen molar-refractivity contribution in [2.45, 2.75) is 37.6 Å². The highest BCUT2D eigenvalue weighted by Crippen LogP contribution is 2.14. The lowest BCUT2D eigenvalue weighted by molar-refractivity contribution is 0.396. The molecule has 21 heavy (non-hydrogen) atoms. The van der Waals surface area contributed by atoms with Gasteiger partial charge in [0.1, 0.15) is 0 Å². The number of anilines is 1. The van der Waals surface area contributed by atoms with E-state index in [1.54, 1.807) is 38.1 Å². The van der Waals surface area contributed by atoms with Gasteiger partial charge in [0, 0.05) is 18.3 Å². The zero-order valence-electron chi connectivity index (χ0n) is 13.4. The van der Waals surface area contributed by atoms with Crippen molar-refractivity contribution in [3.63, 3.8) is 0 Å². The third-order valence-electron chi connectivity index (χ3n) is 2.92. The molecule has 0 aromatic heterocycles. The molecule has 0 aliphatic heterocycles. The molecule has 0 bridgehead atoms. The summed E-state index contributed by atoms with van der Waals surface area (Å²) in [6.07, 6.45) is 2.23. The van der Waals surface area contributed by atoms with Crippen LogP contribution in [0.15, 0.2) is 29.2 Å². The number of nitrogens with zero attached hydrogens (tertiary/aromatic N) is 1. The van der Waals surface area contributed by atoms with Gasteiger partial charge in [-0.25, -0.2) is 13.1 Å². The molecule has 0 unspecified atom stereocenters. The van der Waals surface area contributed by atoms with E-state index in [1.165, 1.54) is 0 Å². The Balaban J connectivity index is 2.47. The highest BCUT2D eigenvalue weighted by Gasteiger charge is 2.14.